The molecular formula is C17H15BrN6O. The Hall–Kier alpha value is -2.87. The van der Waals surface area contributed by atoms with E-state index in [2.05, 4.69) is 42.3 Å². The fourth-order valence-corrected chi connectivity index (χ4v) is 3.21. The van der Waals surface area contributed by atoms with Crippen molar-refractivity contribution in [2.45, 2.75) is 12.1 Å². The van der Waals surface area contributed by atoms with Gasteiger partial charge in [-0.05, 0) is 29.8 Å². The zero-order valence-corrected chi connectivity index (χ0v) is 14.7. The smallest absolute Gasteiger partial charge is 0.275 e. The third kappa shape index (κ3) is 2.74. The van der Waals surface area contributed by atoms with Gasteiger partial charge in [-0.25, -0.2) is 0 Å². The molecule has 25 heavy (non-hydrogen) atoms. The summed E-state index contributed by atoms with van der Waals surface area (Å²) in [6.45, 7) is 0. The van der Waals surface area contributed by atoms with Gasteiger partial charge in [0, 0.05) is 22.1 Å². The predicted molar refractivity (Wildman–Crippen MR) is 99.8 cm³/mol. The number of anilines is 1. The molecule has 0 bridgehead atoms. The number of carbonyl (C=O) groups excluding carboxylic acids is 1. The van der Waals surface area contributed by atoms with Gasteiger partial charge in [0.25, 0.3) is 5.91 Å². The summed E-state index contributed by atoms with van der Waals surface area (Å²) in [6, 6.07) is 15.0. The minimum Gasteiger partial charge on any atom is -0.398 e. The lowest BCUT2D eigenvalue weighted by molar-refractivity contribution is -0.127. The first kappa shape index (κ1) is 15.6. The third-order valence-corrected chi connectivity index (χ3v) is 4.66. The summed E-state index contributed by atoms with van der Waals surface area (Å²) in [7, 11) is 0. The van der Waals surface area contributed by atoms with Crippen LogP contribution in [0, 0.1) is 0 Å². The van der Waals surface area contributed by atoms with Crippen LogP contribution < -0.4 is 21.9 Å². The second kappa shape index (κ2) is 5.89. The van der Waals surface area contributed by atoms with Crippen molar-refractivity contribution in [1.82, 2.24) is 16.2 Å². The van der Waals surface area contributed by atoms with Gasteiger partial charge in [-0.2, -0.15) is 10.2 Å². The second-order valence-corrected chi connectivity index (χ2v) is 6.79. The van der Waals surface area contributed by atoms with Crippen LogP contribution in [0.2, 0.25) is 0 Å². The number of hydrazone groups is 2. The van der Waals surface area contributed by atoms with E-state index in [0.717, 1.165) is 15.7 Å². The topological polar surface area (TPSA) is 104 Å². The molecule has 0 fully saturated rings. The number of amides is 1. The quantitative estimate of drug-likeness (QED) is 0.575. The standard InChI is InChI=1S/C17H15BrN6O/c18-11-5-3-4-10(8-11)14-9-17(23-21-14)16(25)20-15(22-24-17)12-6-1-2-7-13(12)19/h1-8,23-24H,9,19H2,(H,20,22,25)/t17-/m0/s1. The summed E-state index contributed by atoms with van der Waals surface area (Å²) in [5.41, 5.74) is 13.6. The molecule has 1 amide bonds. The van der Waals surface area contributed by atoms with Crippen LogP contribution in [-0.4, -0.2) is 23.1 Å². The number of amidine groups is 1. The number of benzene rings is 2. The number of hydrogen-bond donors (Lipinski definition) is 4. The van der Waals surface area contributed by atoms with Gasteiger partial charge in [0.2, 0.25) is 5.66 Å². The van der Waals surface area contributed by atoms with Crippen LogP contribution in [0.25, 0.3) is 0 Å². The summed E-state index contributed by atoms with van der Waals surface area (Å²) in [6.07, 6.45) is 0.371. The molecule has 2 aromatic rings. The maximum absolute atomic E-state index is 12.7. The lowest BCUT2D eigenvalue weighted by atomic mass is 9.98. The van der Waals surface area contributed by atoms with E-state index in [1.807, 2.05) is 36.4 Å². The van der Waals surface area contributed by atoms with E-state index < -0.39 is 5.66 Å². The minimum absolute atomic E-state index is 0.255. The molecule has 0 saturated heterocycles. The van der Waals surface area contributed by atoms with Gasteiger partial charge in [0.05, 0.1) is 5.71 Å². The molecule has 0 aromatic heterocycles. The Morgan fingerprint density at radius 1 is 1.08 bits per heavy atom. The van der Waals surface area contributed by atoms with Crippen molar-refractivity contribution < 1.29 is 4.79 Å². The highest BCUT2D eigenvalue weighted by Crippen LogP contribution is 2.24. The van der Waals surface area contributed by atoms with Gasteiger partial charge >= 0.3 is 0 Å². The van der Waals surface area contributed by atoms with E-state index in [1.54, 1.807) is 12.1 Å². The highest BCUT2D eigenvalue weighted by molar-refractivity contribution is 9.10. The SMILES string of the molecule is Nc1ccccc1C1=NN[C@@]2(CC(c3cccc(Br)c3)=NN2)C(=O)N1. The van der Waals surface area contributed by atoms with E-state index in [1.165, 1.54) is 0 Å². The van der Waals surface area contributed by atoms with E-state index in [0.29, 0.717) is 23.5 Å². The monoisotopic (exact) mass is 398 g/mol. The summed E-state index contributed by atoms with van der Waals surface area (Å²) in [5, 5.41) is 11.4. The Morgan fingerprint density at radius 2 is 1.88 bits per heavy atom. The van der Waals surface area contributed by atoms with Crippen molar-refractivity contribution >= 4 is 39.1 Å². The Labute approximate surface area is 152 Å². The molecule has 2 aromatic carbocycles. The number of nitrogens with two attached hydrogens (primary N) is 1. The molecule has 0 radical (unpaired) electrons. The van der Waals surface area contributed by atoms with Gasteiger partial charge in [0.15, 0.2) is 5.84 Å². The van der Waals surface area contributed by atoms with Crippen LogP contribution in [-0.2, 0) is 4.79 Å². The first-order valence-corrected chi connectivity index (χ1v) is 8.48. The first-order chi connectivity index (χ1) is 12.1. The second-order valence-electron chi connectivity index (χ2n) is 5.88. The maximum atomic E-state index is 12.7. The van der Waals surface area contributed by atoms with Crippen molar-refractivity contribution in [2.24, 2.45) is 10.2 Å². The normalized spacial score (nSPS) is 21.9. The molecule has 1 spiro atoms. The van der Waals surface area contributed by atoms with Crippen molar-refractivity contribution in [3.8, 4) is 0 Å². The van der Waals surface area contributed by atoms with Crippen LogP contribution in [0.4, 0.5) is 5.69 Å². The first-order valence-electron chi connectivity index (χ1n) is 7.68. The fourth-order valence-electron chi connectivity index (χ4n) is 2.81. The van der Waals surface area contributed by atoms with Gasteiger partial charge < -0.3 is 11.1 Å². The van der Waals surface area contributed by atoms with Crippen LogP contribution in [0.15, 0.2) is 63.2 Å². The average Bonchev–Trinajstić information content (AvgIpc) is 3.04. The number of hydrogen-bond acceptors (Lipinski definition) is 6. The highest BCUT2D eigenvalue weighted by Gasteiger charge is 2.46. The fraction of sp³-hybridized carbons (Fsp3) is 0.118. The number of rotatable bonds is 2. The Morgan fingerprint density at radius 3 is 2.64 bits per heavy atom. The maximum Gasteiger partial charge on any atom is 0.275 e. The summed E-state index contributed by atoms with van der Waals surface area (Å²) < 4.78 is 0.953. The third-order valence-electron chi connectivity index (χ3n) is 4.17. The Balaban J connectivity index is 1.58. The van der Waals surface area contributed by atoms with Crippen LogP contribution >= 0.6 is 15.9 Å². The number of para-hydroxylation sites is 1. The molecule has 2 aliphatic rings. The largest absolute Gasteiger partial charge is 0.398 e. The number of nitrogens with zero attached hydrogens (tertiary/aromatic N) is 2. The minimum atomic E-state index is -1.09. The van der Waals surface area contributed by atoms with Crippen LogP contribution in [0.1, 0.15) is 17.5 Å². The van der Waals surface area contributed by atoms with E-state index in [-0.39, 0.29) is 5.91 Å². The zero-order valence-electron chi connectivity index (χ0n) is 13.1. The number of nitrogen functional groups attached to an aromatic ring is 1. The Kier molecular flexibility index (Phi) is 3.69. The molecule has 126 valence electrons. The molecule has 0 unspecified atom stereocenters. The van der Waals surface area contributed by atoms with Crippen molar-refractivity contribution in [2.75, 3.05) is 5.73 Å². The molecule has 4 rings (SSSR count). The lowest BCUT2D eigenvalue weighted by Gasteiger charge is -2.31. The van der Waals surface area contributed by atoms with Gasteiger partial charge in [0.1, 0.15) is 0 Å². The van der Waals surface area contributed by atoms with Gasteiger partial charge in [-0.15, -0.1) is 0 Å². The number of halogens is 1. The number of nitrogens with one attached hydrogen (secondary N) is 3. The predicted octanol–water partition coefficient (Wildman–Crippen LogP) is 1.51. The summed E-state index contributed by atoms with van der Waals surface area (Å²) >= 11 is 3.45. The van der Waals surface area contributed by atoms with E-state index in [9.17, 15) is 4.79 Å². The molecule has 7 nitrogen and oxygen atoms in total. The summed E-state index contributed by atoms with van der Waals surface area (Å²) in [4.78, 5) is 12.7. The molecule has 8 heteroatoms. The molecule has 5 N–H and O–H groups in total. The molecule has 2 aliphatic heterocycles. The lowest BCUT2D eigenvalue weighted by Crippen LogP contribution is -2.65. The molecule has 1 atom stereocenters. The molecule has 0 aliphatic carbocycles. The van der Waals surface area contributed by atoms with Crippen molar-refractivity contribution in [3.05, 3.63) is 64.1 Å². The van der Waals surface area contributed by atoms with Gasteiger partial charge in [-0.1, -0.05) is 40.2 Å². The van der Waals surface area contributed by atoms with E-state index in [4.69, 9.17) is 5.73 Å². The highest BCUT2D eigenvalue weighted by atomic mass is 79.9. The molecule has 2 heterocycles. The Bertz CT molecular complexity index is 925. The van der Waals surface area contributed by atoms with Crippen LogP contribution in [0.5, 0.6) is 0 Å². The van der Waals surface area contributed by atoms with Crippen LogP contribution in [0.3, 0.4) is 0 Å². The number of carbonyl (C=O) groups is 1. The molecule has 0 saturated carbocycles. The zero-order chi connectivity index (χ0) is 17.4. The van der Waals surface area contributed by atoms with Crippen molar-refractivity contribution in [3.63, 3.8) is 0 Å². The van der Waals surface area contributed by atoms with E-state index >= 15 is 0 Å². The molecular weight excluding hydrogens is 384 g/mol. The van der Waals surface area contributed by atoms with Crippen molar-refractivity contribution in [1.29, 1.82) is 0 Å². The summed E-state index contributed by atoms with van der Waals surface area (Å²) in [5.74, 6) is 0.140. The van der Waals surface area contributed by atoms with Gasteiger partial charge in [-0.3, -0.25) is 15.6 Å². The average molecular weight is 399 g/mol.